The zero-order valence-corrected chi connectivity index (χ0v) is 17.2. The number of benzene rings is 1. The second-order valence-electron chi connectivity index (χ2n) is 6.15. The fraction of sp³-hybridized carbons (Fsp3) is 0.316. The van der Waals surface area contributed by atoms with Gasteiger partial charge in [-0.05, 0) is 36.8 Å². The number of halogens is 1. The lowest BCUT2D eigenvalue weighted by Gasteiger charge is -2.16. The number of thioether (sulfide) groups is 1. The topological polar surface area (TPSA) is 73.1 Å². The van der Waals surface area contributed by atoms with Gasteiger partial charge in [0.15, 0.2) is 11.5 Å². The number of hydrogen-bond acceptors (Lipinski definition) is 7. The SMILES string of the molecule is CCCCCSc1nnc2c(n1)OC(c1ccco1)Nc1ccc(Br)cc1-2. The van der Waals surface area contributed by atoms with Crippen LogP contribution in [0, 0.1) is 0 Å². The fourth-order valence-electron chi connectivity index (χ4n) is 2.82. The van der Waals surface area contributed by atoms with E-state index in [0.29, 0.717) is 22.5 Å². The van der Waals surface area contributed by atoms with E-state index in [4.69, 9.17) is 9.15 Å². The molecule has 1 aromatic carbocycles. The Morgan fingerprint density at radius 1 is 1.22 bits per heavy atom. The Bertz CT molecular complexity index is 920. The molecule has 0 bridgehead atoms. The molecule has 1 atom stereocenters. The standard InChI is InChI=1S/C19H19BrN4O2S/c1-2-3-4-10-27-19-22-18-16(23-24-19)13-11-12(20)7-8-14(13)21-17(26-18)15-6-5-9-25-15/h5-9,11,17,21H,2-4,10H2,1H3. The van der Waals surface area contributed by atoms with Gasteiger partial charge in [0, 0.05) is 21.5 Å². The first-order chi connectivity index (χ1) is 13.2. The summed E-state index contributed by atoms with van der Waals surface area (Å²) in [6.45, 7) is 2.19. The molecule has 27 heavy (non-hydrogen) atoms. The number of fused-ring (bicyclic) bond motifs is 3. The van der Waals surface area contributed by atoms with Crippen LogP contribution in [0.3, 0.4) is 0 Å². The van der Waals surface area contributed by atoms with Crippen molar-refractivity contribution in [3.63, 3.8) is 0 Å². The van der Waals surface area contributed by atoms with Gasteiger partial charge < -0.3 is 14.5 Å². The fourth-order valence-corrected chi connectivity index (χ4v) is 3.95. The number of aromatic nitrogens is 3. The highest BCUT2D eigenvalue weighted by Gasteiger charge is 2.27. The molecule has 6 nitrogen and oxygen atoms in total. The van der Waals surface area contributed by atoms with E-state index in [1.54, 1.807) is 18.0 Å². The monoisotopic (exact) mass is 446 g/mol. The van der Waals surface area contributed by atoms with E-state index < -0.39 is 6.23 Å². The molecule has 1 N–H and O–H groups in total. The van der Waals surface area contributed by atoms with Crippen LogP contribution in [-0.4, -0.2) is 20.9 Å². The quantitative estimate of drug-likeness (QED) is 0.385. The molecule has 3 aromatic rings. The average Bonchev–Trinajstić information content (AvgIpc) is 3.16. The number of unbranched alkanes of at least 4 members (excludes halogenated alkanes) is 2. The number of rotatable bonds is 6. The summed E-state index contributed by atoms with van der Waals surface area (Å²) in [6, 6.07) is 9.63. The molecule has 0 fully saturated rings. The molecule has 140 valence electrons. The lowest BCUT2D eigenvalue weighted by molar-refractivity contribution is 0.195. The van der Waals surface area contributed by atoms with Crippen LogP contribution < -0.4 is 10.1 Å². The van der Waals surface area contributed by atoms with E-state index in [0.717, 1.165) is 27.9 Å². The average molecular weight is 447 g/mol. The Kier molecular flexibility index (Phi) is 5.63. The summed E-state index contributed by atoms with van der Waals surface area (Å²) in [7, 11) is 0. The van der Waals surface area contributed by atoms with Crippen LogP contribution in [0.5, 0.6) is 5.88 Å². The maximum Gasteiger partial charge on any atom is 0.247 e. The number of nitrogens with zero attached hydrogens (tertiary/aromatic N) is 3. The third kappa shape index (κ3) is 4.11. The van der Waals surface area contributed by atoms with Crippen molar-refractivity contribution in [2.75, 3.05) is 11.1 Å². The Hall–Kier alpha value is -2.06. The molecule has 1 unspecified atom stereocenters. The van der Waals surface area contributed by atoms with E-state index in [2.05, 4.69) is 43.4 Å². The van der Waals surface area contributed by atoms with Gasteiger partial charge in [0.1, 0.15) is 0 Å². The van der Waals surface area contributed by atoms with Crippen LogP contribution in [0.15, 0.2) is 50.6 Å². The number of hydrogen-bond donors (Lipinski definition) is 1. The van der Waals surface area contributed by atoms with Crippen LogP contribution in [0.1, 0.15) is 38.2 Å². The number of nitrogens with one attached hydrogen (secondary N) is 1. The number of furan rings is 1. The van der Waals surface area contributed by atoms with Crippen molar-refractivity contribution in [3.05, 3.63) is 46.8 Å². The predicted molar refractivity (Wildman–Crippen MR) is 109 cm³/mol. The van der Waals surface area contributed by atoms with Crippen LogP contribution in [0.4, 0.5) is 5.69 Å². The maximum atomic E-state index is 6.14. The molecule has 0 amide bonds. The van der Waals surface area contributed by atoms with E-state index in [1.807, 2.05) is 30.3 Å². The molecule has 4 rings (SSSR count). The van der Waals surface area contributed by atoms with Gasteiger partial charge in [-0.3, -0.25) is 0 Å². The van der Waals surface area contributed by atoms with E-state index in [-0.39, 0.29) is 0 Å². The third-order valence-corrected chi connectivity index (χ3v) is 5.59. The molecule has 0 saturated heterocycles. The van der Waals surface area contributed by atoms with Crippen molar-refractivity contribution >= 4 is 33.4 Å². The minimum atomic E-state index is -0.490. The second-order valence-corrected chi connectivity index (χ2v) is 8.13. The van der Waals surface area contributed by atoms with Crippen molar-refractivity contribution in [1.29, 1.82) is 0 Å². The lowest BCUT2D eigenvalue weighted by atomic mass is 10.1. The summed E-state index contributed by atoms with van der Waals surface area (Å²) in [6.07, 6.45) is 4.66. The zero-order valence-electron chi connectivity index (χ0n) is 14.8. The summed E-state index contributed by atoms with van der Waals surface area (Å²) in [4.78, 5) is 4.63. The molecule has 2 aromatic heterocycles. The molecule has 1 aliphatic heterocycles. The highest BCUT2D eigenvalue weighted by Crippen LogP contribution is 2.40. The number of anilines is 1. The molecule has 3 heterocycles. The summed E-state index contributed by atoms with van der Waals surface area (Å²) < 4.78 is 12.6. The first-order valence-electron chi connectivity index (χ1n) is 8.88. The van der Waals surface area contributed by atoms with E-state index in [9.17, 15) is 0 Å². The maximum absolute atomic E-state index is 6.14. The number of ether oxygens (including phenoxy) is 1. The van der Waals surface area contributed by atoms with Gasteiger partial charge in [0.05, 0.1) is 6.26 Å². The Morgan fingerprint density at radius 3 is 2.96 bits per heavy atom. The van der Waals surface area contributed by atoms with Crippen molar-refractivity contribution in [3.8, 4) is 17.1 Å². The van der Waals surface area contributed by atoms with Crippen molar-refractivity contribution in [2.24, 2.45) is 0 Å². The van der Waals surface area contributed by atoms with Gasteiger partial charge in [-0.15, -0.1) is 10.2 Å². The van der Waals surface area contributed by atoms with Gasteiger partial charge in [-0.2, -0.15) is 4.98 Å². The summed E-state index contributed by atoms with van der Waals surface area (Å²) in [5, 5.41) is 12.7. The predicted octanol–water partition coefficient (Wildman–Crippen LogP) is 5.68. The summed E-state index contributed by atoms with van der Waals surface area (Å²) >= 11 is 5.13. The highest BCUT2D eigenvalue weighted by molar-refractivity contribution is 9.10. The molecule has 0 radical (unpaired) electrons. The summed E-state index contributed by atoms with van der Waals surface area (Å²) in [5.41, 5.74) is 2.39. The van der Waals surface area contributed by atoms with Crippen molar-refractivity contribution < 1.29 is 9.15 Å². The van der Waals surface area contributed by atoms with Crippen molar-refractivity contribution in [2.45, 2.75) is 37.6 Å². The van der Waals surface area contributed by atoms with Gasteiger partial charge in [-0.1, -0.05) is 47.5 Å². The highest BCUT2D eigenvalue weighted by atomic mass is 79.9. The second kappa shape index (κ2) is 8.31. The Balaban J connectivity index is 1.70. The van der Waals surface area contributed by atoms with Crippen LogP contribution in [0.2, 0.25) is 0 Å². The van der Waals surface area contributed by atoms with Crippen LogP contribution in [0.25, 0.3) is 11.3 Å². The molecular weight excluding hydrogens is 428 g/mol. The zero-order chi connectivity index (χ0) is 18.6. The Morgan fingerprint density at radius 2 is 2.15 bits per heavy atom. The van der Waals surface area contributed by atoms with E-state index in [1.165, 1.54) is 12.8 Å². The molecule has 0 spiro atoms. The minimum Gasteiger partial charge on any atom is -0.463 e. The van der Waals surface area contributed by atoms with Crippen LogP contribution >= 0.6 is 27.7 Å². The molecule has 0 aliphatic carbocycles. The summed E-state index contributed by atoms with van der Waals surface area (Å²) in [5.74, 6) is 2.09. The van der Waals surface area contributed by atoms with Gasteiger partial charge in [0.25, 0.3) is 0 Å². The normalized spacial score (nSPS) is 15.3. The van der Waals surface area contributed by atoms with Gasteiger partial charge in [-0.25, -0.2) is 0 Å². The first kappa shape index (κ1) is 18.3. The molecular formula is C19H19BrN4O2S. The van der Waals surface area contributed by atoms with Crippen molar-refractivity contribution in [1.82, 2.24) is 15.2 Å². The molecule has 8 heteroatoms. The smallest absolute Gasteiger partial charge is 0.247 e. The third-order valence-electron chi connectivity index (χ3n) is 4.17. The largest absolute Gasteiger partial charge is 0.463 e. The minimum absolute atomic E-state index is 0.453. The van der Waals surface area contributed by atoms with Gasteiger partial charge in [0.2, 0.25) is 17.3 Å². The van der Waals surface area contributed by atoms with Gasteiger partial charge >= 0.3 is 0 Å². The first-order valence-corrected chi connectivity index (χ1v) is 10.7. The molecule has 0 saturated carbocycles. The lowest BCUT2D eigenvalue weighted by Crippen LogP contribution is -2.16. The molecule has 1 aliphatic rings. The Labute approximate surface area is 170 Å². The van der Waals surface area contributed by atoms with Crippen LogP contribution in [-0.2, 0) is 0 Å². The van der Waals surface area contributed by atoms with E-state index >= 15 is 0 Å².